The van der Waals surface area contributed by atoms with Crippen molar-refractivity contribution in [2.45, 2.75) is 25.9 Å². The van der Waals surface area contributed by atoms with E-state index in [2.05, 4.69) is 4.90 Å². The van der Waals surface area contributed by atoms with Crippen molar-refractivity contribution in [3.8, 4) is 23.0 Å². The van der Waals surface area contributed by atoms with Crippen LogP contribution in [-0.4, -0.2) is 46.4 Å². The first-order valence-electron chi connectivity index (χ1n) is 9.49. The van der Waals surface area contributed by atoms with Gasteiger partial charge in [0, 0.05) is 24.2 Å². The molecule has 154 valence electrons. The summed E-state index contributed by atoms with van der Waals surface area (Å²) in [7, 11) is 6.72. The molecule has 0 bridgehead atoms. The molecule has 0 atom stereocenters. The molecular formula is C22H32N2O4. The second kappa shape index (κ2) is 11.4. The second-order valence-corrected chi connectivity index (χ2v) is 6.56. The number of hydrogen-bond donors (Lipinski definition) is 1. The zero-order valence-corrected chi connectivity index (χ0v) is 17.4. The minimum Gasteiger partial charge on any atom is -0.497 e. The van der Waals surface area contributed by atoms with Gasteiger partial charge >= 0.3 is 0 Å². The number of hydrogen-bond acceptors (Lipinski definition) is 6. The second-order valence-electron chi connectivity index (χ2n) is 6.56. The third-order valence-corrected chi connectivity index (χ3v) is 4.69. The van der Waals surface area contributed by atoms with Crippen LogP contribution in [0.4, 0.5) is 0 Å². The molecule has 6 heteroatoms. The zero-order valence-electron chi connectivity index (χ0n) is 17.4. The summed E-state index contributed by atoms with van der Waals surface area (Å²) < 4.78 is 21.9. The van der Waals surface area contributed by atoms with E-state index in [1.54, 1.807) is 28.4 Å². The predicted molar refractivity (Wildman–Crippen MR) is 111 cm³/mol. The summed E-state index contributed by atoms with van der Waals surface area (Å²) in [6.45, 7) is 3.06. The van der Waals surface area contributed by atoms with Crippen LogP contribution in [0.1, 0.15) is 24.0 Å². The van der Waals surface area contributed by atoms with Gasteiger partial charge in [-0.15, -0.1) is 0 Å². The molecular weight excluding hydrogens is 356 g/mol. The third-order valence-electron chi connectivity index (χ3n) is 4.69. The van der Waals surface area contributed by atoms with Gasteiger partial charge in [-0.2, -0.15) is 0 Å². The molecule has 0 unspecified atom stereocenters. The van der Waals surface area contributed by atoms with E-state index in [9.17, 15) is 0 Å². The van der Waals surface area contributed by atoms with Crippen LogP contribution in [0.15, 0.2) is 36.4 Å². The molecule has 0 aliphatic carbocycles. The lowest BCUT2D eigenvalue weighted by Gasteiger charge is -2.25. The smallest absolute Gasteiger partial charge is 0.123 e. The molecule has 2 N–H and O–H groups in total. The summed E-state index contributed by atoms with van der Waals surface area (Å²) in [5, 5.41) is 0. The lowest BCUT2D eigenvalue weighted by atomic mass is 10.1. The first-order chi connectivity index (χ1) is 13.6. The number of unbranched alkanes of at least 4 members (excludes halogenated alkanes) is 1. The Bertz CT molecular complexity index is 679. The highest BCUT2D eigenvalue weighted by molar-refractivity contribution is 5.42. The normalized spacial score (nSPS) is 10.8. The summed E-state index contributed by atoms with van der Waals surface area (Å²) in [5.41, 5.74) is 7.86. The molecule has 0 aliphatic heterocycles. The van der Waals surface area contributed by atoms with Gasteiger partial charge in [-0.1, -0.05) is 0 Å². The van der Waals surface area contributed by atoms with Gasteiger partial charge in [0.25, 0.3) is 0 Å². The van der Waals surface area contributed by atoms with Crippen LogP contribution in [0.5, 0.6) is 23.0 Å². The summed E-state index contributed by atoms with van der Waals surface area (Å²) in [4.78, 5) is 2.37. The lowest BCUT2D eigenvalue weighted by molar-refractivity contribution is 0.243. The van der Waals surface area contributed by atoms with Crippen molar-refractivity contribution in [3.63, 3.8) is 0 Å². The Morgan fingerprint density at radius 3 is 1.61 bits per heavy atom. The monoisotopic (exact) mass is 388 g/mol. The van der Waals surface area contributed by atoms with Crippen LogP contribution >= 0.6 is 0 Å². The lowest BCUT2D eigenvalue weighted by Crippen LogP contribution is -2.25. The van der Waals surface area contributed by atoms with Crippen molar-refractivity contribution >= 4 is 0 Å². The molecule has 0 saturated carbocycles. The van der Waals surface area contributed by atoms with Gasteiger partial charge in [0.15, 0.2) is 0 Å². The van der Waals surface area contributed by atoms with Crippen LogP contribution in [0.2, 0.25) is 0 Å². The van der Waals surface area contributed by atoms with Gasteiger partial charge in [0.05, 0.1) is 28.4 Å². The van der Waals surface area contributed by atoms with Crippen molar-refractivity contribution < 1.29 is 18.9 Å². The fraction of sp³-hybridized carbons (Fsp3) is 0.455. The Hall–Kier alpha value is -2.44. The largest absolute Gasteiger partial charge is 0.497 e. The fourth-order valence-electron chi connectivity index (χ4n) is 3.19. The molecule has 2 aromatic carbocycles. The van der Waals surface area contributed by atoms with E-state index in [4.69, 9.17) is 24.7 Å². The molecule has 0 radical (unpaired) electrons. The maximum absolute atomic E-state index is 5.70. The van der Waals surface area contributed by atoms with E-state index < -0.39 is 0 Å². The number of rotatable bonds is 12. The van der Waals surface area contributed by atoms with Gasteiger partial charge in [-0.05, 0) is 62.3 Å². The van der Waals surface area contributed by atoms with E-state index >= 15 is 0 Å². The molecule has 0 spiro atoms. The first-order valence-corrected chi connectivity index (χ1v) is 9.49. The molecule has 2 aromatic rings. The fourth-order valence-corrected chi connectivity index (χ4v) is 3.19. The predicted octanol–water partition coefficient (Wildman–Crippen LogP) is 3.46. The minimum atomic E-state index is 0.693. The highest BCUT2D eigenvalue weighted by Gasteiger charge is 2.15. The summed E-state index contributed by atoms with van der Waals surface area (Å²) in [6.07, 6.45) is 2.01. The third kappa shape index (κ3) is 6.04. The Morgan fingerprint density at radius 1 is 0.714 bits per heavy atom. The van der Waals surface area contributed by atoms with Crippen LogP contribution in [0, 0.1) is 0 Å². The molecule has 6 nitrogen and oxygen atoms in total. The van der Waals surface area contributed by atoms with Gasteiger partial charge < -0.3 is 24.7 Å². The molecule has 0 heterocycles. The number of nitrogens with two attached hydrogens (primary N) is 1. The van der Waals surface area contributed by atoms with Gasteiger partial charge in [-0.25, -0.2) is 0 Å². The van der Waals surface area contributed by atoms with E-state index in [0.717, 1.165) is 66.6 Å². The molecule has 0 saturated heterocycles. The Kier molecular flexibility index (Phi) is 8.91. The van der Waals surface area contributed by atoms with Gasteiger partial charge in [0.2, 0.25) is 0 Å². The van der Waals surface area contributed by atoms with E-state index in [1.165, 1.54) is 0 Å². The zero-order chi connectivity index (χ0) is 20.4. The van der Waals surface area contributed by atoms with Crippen molar-refractivity contribution in [3.05, 3.63) is 47.5 Å². The number of ether oxygens (including phenoxy) is 4. The first kappa shape index (κ1) is 21.9. The van der Waals surface area contributed by atoms with E-state index in [0.29, 0.717) is 6.54 Å². The average Bonchev–Trinajstić information content (AvgIpc) is 2.73. The van der Waals surface area contributed by atoms with E-state index in [-0.39, 0.29) is 0 Å². The number of methoxy groups -OCH3 is 4. The van der Waals surface area contributed by atoms with Crippen LogP contribution in [-0.2, 0) is 13.1 Å². The van der Waals surface area contributed by atoms with Crippen LogP contribution in [0.25, 0.3) is 0 Å². The van der Waals surface area contributed by atoms with Crippen molar-refractivity contribution in [1.29, 1.82) is 0 Å². The summed E-state index contributed by atoms with van der Waals surface area (Å²) in [6, 6.07) is 11.8. The quantitative estimate of drug-likeness (QED) is 0.562. The molecule has 0 aromatic heterocycles. The molecule has 0 amide bonds. The summed E-state index contributed by atoms with van der Waals surface area (Å²) >= 11 is 0. The highest BCUT2D eigenvalue weighted by atomic mass is 16.5. The SMILES string of the molecule is COc1ccc(OC)c(CN(CCCCN)Cc2cc(OC)ccc2OC)c1. The van der Waals surface area contributed by atoms with Crippen LogP contribution < -0.4 is 24.7 Å². The average molecular weight is 389 g/mol. The Balaban J connectivity index is 2.27. The van der Waals surface area contributed by atoms with Crippen LogP contribution in [0.3, 0.4) is 0 Å². The maximum atomic E-state index is 5.70. The summed E-state index contributed by atoms with van der Waals surface area (Å²) in [5.74, 6) is 3.33. The molecule has 0 fully saturated rings. The van der Waals surface area contributed by atoms with E-state index in [1.807, 2.05) is 36.4 Å². The standard InChI is InChI=1S/C22H32N2O4/c1-25-19-7-9-21(27-3)17(13-19)15-24(12-6-5-11-23)16-18-14-20(26-2)8-10-22(18)28-4/h7-10,13-14H,5-6,11-12,15-16,23H2,1-4H3. The van der Waals surface area contributed by atoms with Gasteiger partial charge in [-0.3, -0.25) is 4.90 Å². The molecule has 2 rings (SSSR count). The minimum absolute atomic E-state index is 0.693. The maximum Gasteiger partial charge on any atom is 0.123 e. The number of nitrogens with zero attached hydrogens (tertiary/aromatic N) is 1. The number of benzene rings is 2. The molecule has 0 aliphatic rings. The highest BCUT2D eigenvalue weighted by Crippen LogP contribution is 2.29. The van der Waals surface area contributed by atoms with Crippen molar-refractivity contribution in [2.75, 3.05) is 41.5 Å². The van der Waals surface area contributed by atoms with Gasteiger partial charge in [0.1, 0.15) is 23.0 Å². The topological polar surface area (TPSA) is 66.2 Å². The van der Waals surface area contributed by atoms with Crippen molar-refractivity contribution in [1.82, 2.24) is 4.90 Å². The molecule has 28 heavy (non-hydrogen) atoms. The Labute approximate surface area is 168 Å². The van der Waals surface area contributed by atoms with Crippen molar-refractivity contribution in [2.24, 2.45) is 5.73 Å². The Morgan fingerprint density at radius 2 is 1.21 bits per heavy atom.